The van der Waals surface area contributed by atoms with Gasteiger partial charge in [0.25, 0.3) is 0 Å². The van der Waals surface area contributed by atoms with Gasteiger partial charge in [-0.2, -0.15) is 4.31 Å². The molecule has 0 bridgehead atoms. The van der Waals surface area contributed by atoms with E-state index < -0.39 is 25.9 Å². The molecule has 24 heavy (non-hydrogen) atoms. The monoisotopic (exact) mass is 392 g/mol. The maximum Gasteiger partial charge on any atom is 0.243 e. The van der Waals surface area contributed by atoms with Crippen LogP contribution >= 0.6 is 11.6 Å². The van der Waals surface area contributed by atoms with Gasteiger partial charge in [-0.25, -0.2) is 26.4 Å². The Hall–Kier alpha value is -1.52. The molecule has 0 aliphatic carbocycles. The van der Waals surface area contributed by atoms with Crippen molar-refractivity contribution in [1.29, 1.82) is 0 Å². The average Bonchev–Trinajstić information content (AvgIpc) is 2.50. The van der Waals surface area contributed by atoms with Crippen LogP contribution in [0.3, 0.4) is 0 Å². The molecule has 0 saturated heterocycles. The van der Waals surface area contributed by atoms with E-state index in [-0.39, 0.29) is 26.9 Å². The van der Waals surface area contributed by atoms with Crippen LogP contribution in [0.1, 0.15) is 5.56 Å². The van der Waals surface area contributed by atoms with Crippen molar-refractivity contribution in [2.24, 2.45) is 5.14 Å². The van der Waals surface area contributed by atoms with Crippen LogP contribution in [0.15, 0.2) is 52.3 Å². The molecule has 6 nitrogen and oxygen atoms in total. The number of halogens is 2. The Morgan fingerprint density at radius 1 is 1.08 bits per heavy atom. The van der Waals surface area contributed by atoms with E-state index in [4.69, 9.17) is 16.7 Å². The van der Waals surface area contributed by atoms with E-state index in [2.05, 4.69) is 0 Å². The molecule has 0 amide bonds. The molecule has 10 heteroatoms. The summed E-state index contributed by atoms with van der Waals surface area (Å²) < 4.78 is 62.5. The quantitative estimate of drug-likeness (QED) is 0.840. The van der Waals surface area contributed by atoms with Gasteiger partial charge in [0.2, 0.25) is 20.0 Å². The Morgan fingerprint density at radius 3 is 2.25 bits per heavy atom. The lowest BCUT2D eigenvalue weighted by Crippen LogP contribution is -2.27. The van der Waals surface area contributed by atoms with Gasteiger partial charge in [-0.15, -0.1) is 0 Å². The van der Waals surface area contributed by atoms with E-state index in [1.165, 1.54) is 43.4 Å². The fraction of sp³-hybridized carbons (Fsp3) is 0.143. The van der Waals surface area contributed by atoms with Gasteiger partial charge in [-0.3, -0.25) is 0 Å². The largest absolute Gasteiger partial charge is 0.243 e. The molecule has 0 radical (unpaired) electrons. The molecule has 0 saturated carbocycles. The van der Waals surface area contributed by atoms with Gasteiger partial charge in [-0.05, 0) is 30.3 Å². The Bertz CT molecular complexity index is 958. The highest BCUT2D eigenvalue weighted by molar-refractivity contribution is 7.90. The summed E-state index contributed by atoms with van der Waals surface area (Å²) in [4.78, 5) is -0.607. The van der Waals surface area contributed by atoms with Gasteiger partial charge < -0.3 is 0 Å². The first-order valence-corrected chi connectivity index (χ1v) is 9.92. The fourth-order valence-electron chi connectivity index (χ4n) is 1.98. The number of nitrogens with two attached hydrogens (primary N) is 1. The third-order valence-corrected chi connectivity index (χ3v) is 6.35. The number of benzene rings is 2. The molecule has 0 unspecified atom stereocenters. The number of hydrogen-bond acceptors (Lipinski definition) is 4. The van der Waals surface area contributed by atoms with E-state index >= 15 is 0 Å². The Kier molecular flexibility index (Phi) is 5.31. The van der Waals surface area contributed by atoms with Crippen LogP contribution < -0.4 is 5.14 Å². The molecular formula is C14H14ClFN2O4S2. The third-order valence-electron chi connectivity index (χ3n) is 3.28. The molecule has 2 aromatic carbocycles. The topological polar surface area (TPSA) is 97.5 Å². The van der Waals surface area contributed by atoms with Gasteiger partial charge in [-0.1, -0.05) is 23.7 Å². The number of sulfonamides is 2. The lowest BCUT2D eigenvalue weighted by molar-refractivity contribution is 0.456. The molecule has 2 rings (SSSR count). The van der Waals surface area contributed by atoms with Crippen LogP contribution in [0.2, 0.25) is 5.02 Å². The first-order valence-electron chi connectivity index (χ1n) is 6.55. The lowest BCUT2D eigenvalue weighted by atomic mass is 10.2. The molecule has 0 spiro atoms. The maximum absolute atomic E-state index is 13.8. The van der Waals surface area contributed by atoms with Gasteiger partial charge >= 0.3 is 0 Å². The van der Waals surface area contributed by atoms with Gasteiger partial charge in [0.1, 0.15) is 5.82 Å². The van der Waals surface area contributed by atoms with Crippen molar-refractivity contribution in [2.75, 3.05) is 7.05 Å². The summed E-state index contributed by atoms with van der Waals surface area (Å²) in [6, 6.07) is 8.64. The predicted octanol–water partition coefficient (Wildman–Crippen LogP) is 1.95. The first-order chi connectivity index (χ1) is 11.0. The summed E-state index contributed by atoms with van der Waals surface area (Å²) in [5, 5.41) is 5.10. The number of primary sulfonamides is 1. The van der Waals surface area contributed by atoms with Crippen molar-refractivity contribution >= 4 is 31.6 Å². The summed E-state index contributed by atoms with van der Waals surface area (Å²) in [7, 11) is -6.88. The minimum atomic E-state index is -4.07. The van der Waals surface area contributed by atoms with Crippen LogP contribution in [-0.4, -0.2) is 28.2 Å². The van der Waals surface area contributed by atoms with Crippen LogP contribution in [-0.2, 0) is 26.6 Å². The maximum atomic E-state index is 13.8. The van der Waals surface area contributed by atoms with Gasteiger partial charge in [0.05, 0.1) is 9.79 Å². The number of nitrogens with zero attached hydrogens (tertiary/aromatic N) is 1. The molecule has 0 heterocycles. The van der Waals surface area contributed by atoms with Crippen molar-refractivity contribution in [3.63, 3.8) is 0 Å². The van der Waals surface area contributed by atoms with Crippen LogP contribution in [0.4, 0.5) is 4.39 Å². The normalized spacial score (nSPS) is 12.5. The zero-order valence-electron chi connectivity index (χ0n) is 12.5. The summed E-state index contributed by atoms with van der Waals surface area (Å²) >= 11 is 5.90. The summed E-state index contributed by atoms with van der Waals surface area (Å²) in [5.74, 6) is -0.636. The average molecular weight is 393 g/mol. The Labute approximate surface area is 144 Å². The van der Waals surface area contributed by atoms with Crippen molar-refractivity contribution in [3.05, 3.63) is 58.9 Å². The summed E-state index contributed by atoms with van der Waals surface area (Å²) in [5.41, 5.74) is 0.0212. The summed E-state index contributed by atoms with van der Waals surface area (Å²) in [6.07, 6.45) is 0. The third kappa shape index (κ3) is 3.93. The second-order valence-electron chi connectivity index (χ2n) is 4.98. The van der Waals surface area contributed by atoms with Gasteiger partial charge in [0.15, 0.2) is 0 Å². The van der Waals surface area contributed by atoms with Gasteiger partial charge in [0, 0.05) is 24.2 Å². The molecule has 0 fully saturated rings. The SMILES string of the molecule is CN(Cc1c(F)cccc1Cl)S(=O)(=O)c1cccc(S(N)(=O)=O)c1. The smallest absolute Gasteiger partial charge is 0.225 e. The first kappa shape index (κ1) is 18.8. The molecule has 0 aliphatic rings. The van der Waals surface area contributed by atoms with Crippen molar-refractivity contribution < 1.29 is 21.2 Å². The van der Waals surface area contributed by atoms with Crippen LogP contribution in [0.25, 0.3) is 0 Å². The van der Waals surface area contributed by atoms with E-state index in [0.29, 0.717) is 0 Å². The van der Waals surface area contributed by atoms with E-state index in [0.717, 1.165) is 10.4 Å². The minimum Gasteiger partial charge on any atom is -0.225 e. The Balaban J connectivity index is 2.40. The van der Waals surface area contributed by atoms with Crippen molar-refractivity contribution in [3.8, 4) is 0 Å². The highest BCUT2D eigenvalue weighted by Crippen LogP contribution is 2.24. The van der Waals surface area contributed by atoms with Crippen LogP contribution in [0.5, 0.6) is 0 Å². The van der Waals surface area contributed by atoms with Crippen LogP contribution in [0, 0.1) is 5.82 Å². The highest BCUT2D eigenvalue weighted by Gasteiger charge is 2.24. The molecule has 130 valence electrons. The van der Waals surface area contributed by atoms with E-state index in [1.807, 2.05) is 0 Å². The lowest BCUT2D eigenvalue weighted by Gasteiger charge is -2.18. The number of hydrogen-bond donors (Lipinski definition) is 1. The van der Waals surface area contributed by atoms with E-state index in [9.17, 15) is 21.2 Å². The van der Waals surface area contributed by atoms with Crippen molar-refractivity contribution in [1.82, 2.24) is 4.31 Å². The zero-order valence-corrected chi connectivity index (χ0v) is 14.9. The fourth-order valence-corrected chi connectivity index (χ4v) is 4.02. The van der Waals surface area contributed by atoms with E-state index in [1.54, 1.807) is 0 Å². The molecule has 0 aliphatic heterocycles. The predicted molar refractivity (Wildman–Crippen MR) is 87.9 cm³/mol. The highest BCUT2D eigenvalue weighted by atomic mass is 35.5. The second kappa shape index (κ2) is 6.77. The Morgan fingerprint density at radius 2 is 1.67 bits per heavy atom. The standard InChI is InChI=1S/C14H14ClFN2O4S2/c1-18(9-12-13(15)6-3-7-14(12)16)24(21,22)11-5-2-4-10(8-11)23(17,19)20/h2-8H,9H2,1H3,(H2,17,19,20). The van der Waals surface area contributed by atoms with Crippen molar-refractivity contribution in [2.45, 2.75) is 16.3 Å². The molecule has 0 aromatic heterocycles. The second-order valence-corrected chi connectivity index (χ2v) is 8.99. The molecular weight excluding hydrogens is 379 g/mol. The zero-order chi connectivity index (χ0) is 18.1. The number of rotatable bonds is 5. The molecule has 2 aromatic rings. The minimum absolute atomic E-state index is 0.0212. The molecule has 0 atom stereocenters. The molecule has 2 N–H and O–H groups in total. The summed E-state index contributed by atoms with van der Waals surface area (Å²) in [6.45, 7) is -0.312.